The zero-order chi connectivity index (χ0) is 18.8. The average Bonchev–Trinajstić information content (AvgIpc) is 2.63. The van der Waals surface area contributed by atoms with Crippen LogP contribution in [0.15, 0.2) is 54.6 Å². The molecular formula is C23H32N2O. The van der Waals surface area contributed by atoms with E-state index in [-0.39, 0.29) is 11.9 Å². The van der Waals surface area contributed by atoms with Gasteiger partial charge < -0.3 is 10.2 Å². The highest BCUT2D eigenvalue weighted by Gasteiger charge is 2.10. The largest absolute Gasteiger partial charge is 0.372 e. The van der Waals surface area contributed by atoms with Crippen LogP contribution in [0.1, 0.15) is 44.7 Å². The van der Waals surface area contributed by atoms with E-state index in [1.165, 1.54) is 11.3 Å². The van der Waals surface area contributed by atoms with Crippen molar-refractivity contribution in [1.82, 2.24) is 5.32 Å². The summed E-state index contributed by atoms with van der Waals surface area (Å²) in [6.45, 7) is 8.62. The van der Waals surface area contributed by atoms with Gasteiger partial charge in [-0.2, -0.15) is 0 Å². The summed E-state index contributed by atoms with van der Waals surface area (Å²) in [5, 5.41) is 3.11. The lowest BCUT2D eigenvalue weighted by atomic mass is 10.1. The smallest absolute Gasteiger partial charge is 0.224 e. The number of hydrogen-bond donors (Lipinski definition) is 1. The standard InChI is InChI=1S/C23H32N2O/c1-4-15-25(16-5-2)22-13-11-21(12-14-22)18-23(26)24-19(3)17-20-9-7-6-8-10-20/h6-14,19H,4-5,15-18H2,1-3H3,(H,24,26)/t19-/m0/s1. The predicted octanol–water partition coefficient (Wildman–Crippen LogP) is 4.60. The molecule has 0 aliphatic carbocycles. The molecule has 3 heteroatoms. The summed E-state index contributed by atoms with van der Waals surface area (Å²) in [5.74, 6) is 0.0835. The quantitative estimate of drug-likeness (QED) is 0.677. The molecule has 0 bridgehead atoms. The lowest BCUT2D eigenvalue weighted by Crippen LogP contribution is -2.35. The normalized spacial score (nSPS) is 11.8. The third kappa shape index (κ3) is 6.55. The lowest BCUT2D eigenvalue weighted by molar-refractivity contribution is -0.121. The zero-order valence-electron chi connectivity index (χ0n) is 16.4. The molecule has 0 fully saturated rings. The zero-order valence-corrected chi connectivity index (χ0v) is 16.4. The third-order valence-electron chi connectivity index (χ3n) is 4.45. The second kappa shape index (κ2) is 10.6. The van der Waals surface area contributed by atoms with Crippen molar-refractivity contribution in [2.75, 3.05) is 18.0 Å². The molecule has 0 aliphatic rings. The van der Waals surface area contributed by atoms with E-state index in [2.05, 4.69) is 67.4 Å². The number of hydrogen-bond acceptors (Lipinski definition) is 2. The predicted molar refractivity (Wildman–Crippen MR) is 111 cm³/mol. The van der Waals surface area contributed by atoms with Gasteiger partial charge in [0.15, 0.2) is 0 Å². The maximum atomic E-state index is 12.3. The molecule has 0 saturated carbocycles. The van der Waals surface area contributed by atoms with Crippen LogP contribution >= 0.6 is 0 Å². The first kappa shape index (κ1) is 20.0. The molecule has 3 nitrogen and oxygen atoms in total. The minimum absolute atomic E-state index is 0.0835. The van der Waals surface area contributed by atoms with E-state index in [1.54, 1.807) is 0 Å². The van der Waals surface area contributed by atoms with E-state index < -0.39 is 0 Å². The second-order valence-electron chi connectivity index (χ2n) is 6.99. The van der Waals surface area contributed by atoms with Gasteiger partial charge in [0.2, 0.25) is 5.91 Å². The molecule has 0 aliphatic heterocycles. The van der Waals surface area contributed by atoms with Crippen molar-refractivity contribution in [3.8, 4) is 0 Å². The van der Waals surface area contributed by atoms with E-state index in [9.17, 15) is 4.79 Å². The molecule has 140 valence electrons. The van der Waals surface area contributed by atoms with Gasteiger partial charge in [0.1, 0.15) is 0 Å². The molecule has 0 radical (unpaired) electrons. The minimum atomic E-state index is 0.0835. The van der Waals surface area contributed by atoms with Crippen molar-refractivity contribution in [3.63, 3.8) is 0 Å². The minimum Gasteiger partial charge on any atom is -0.372 e. The van der Waals surface area contributed by atoms with Crippen molar-refractivity contribution in [2.24, 2.45) is 0 Å². The van der Waals surface area contributed by atoms with Gasteiger partial charge in [-0.15, -0.1) is 0 Å². The van der Waals surface area contributed by atoms with Crippen LogP contribution in [0.2, 0.25) is 0 Å². The SMILES string of the molecule is CCCN(CCC)c1ccc(CC(=O)N[C@@H](C)Cc2ccccc2)cc1. The fourth-order valence-electron chi connectivity index (χ4n) is 3.26. The van der Waals surface area contributed by atoms with Crippen molar-refractivity contribution in [2.45, 2.75) is 52.5 Å². The van der Waals surface area contributed by atoms with Crippen LogP contribution in [0.4, 0.5) is 5.69 Å². The summed E-state index contributed by atoms with van der Waals surface area (Å²) >= 11 is 0. The Morgan fingerprint density at radius 2 is 1.54 bits per heavy atom. The Balaban J connectivity index is 1.86. The number of benzene rings is 2. The molecule has 0 aromatic heterocycles. The van der Waals surface area contributed by atoms with Gasteiger partial charge in [-0.3, -0.25) is 4.79 Å². The molecule has 1 N–H and O–H groups in total. The second-order valence-corrected chi connectivity index (χ2v) is 6.99. The molecule has 2 aromatic rings. The van der Waals surface area contributed by atoms with Gasteiger partial charge in [-0.25, -0.2) is 0 Å². The van der Waals surface area contributed by atoms with E-state index in [0.717, 1.165) is 37.9 Å². The van der Waals surface area contributed by atoms with Crippen LogP contribution in [-0.4, -0.2) is 25.0 Å². The Morgan fingerprint density at radius 3 is 2.12 bits per heavy atom. The Hall–Kier alpha value is -2.29. The molecule has 0 heterocycles. The van der Waals surface area contributed by atoms with Gasteiger partial charge in [0.05, 0.1) is 6.42 Å². The van der Waals surface area contributed by atoms with Crippen LogP contribution < -0.4 is 10.2 Å². The van der Waals surface area contributed by atoms with Crippen molar-refractivity contribution in [3.05, 3.63) is 65.7 Å². The fourth-order valence-corrected chi connectivity index (χ4v) is 3.26. The average molecular weight is 353 g/mol. The first-order valence-electron chi connectivity index (χ1n) is 9.79. The highest BCUT2D eigenvalue weighted by Crippen LogP contribution is 2.16. The van der Waals surface area contributed by atoms with E-state index in [4.69, 9.17) is 0 Å². The lowest BCUT2D eigenvalue weighted by Gasteiger charge is -2.24. The first-order chi connectivity index (χ1) is 12.6. The van der Waals surface area contributed by atoms with Gasteiger partial charge in [0.25, 0.3) is 0 Å². The van der Waals surface area contributed by atoms with Crippen LogP contribution in [0, 0.1) is 0 Å². The molecule has 0 saturated heterocycles. The highest BCUT2D eigenvalue weighted by atomic mass is 16.1. The van der Waals surface area contributed by atoms with E-state index in [1.807, 2.05) is 18.2 Å². The van der Waals surface area contributed by atoms with E-state index >= 15 is 0 Å². The number of anilines is 1. The van der Waals surface area contributed by atoms with Crippen LogP contribution in [0.3, 0.4) is 0 Å². The highest BCUT2D eigenvalue weighted by molar-refractivity contribution is 5.79. The summed E-state index contributed by atoms with van der Waals surface area (Å²) in [5.41, 5.74) is 3.55. The number of carbonyl (C=O) groups excluding carboxylic acids is 1. The number of amides is 1. The summed E-state index contributed by atoms with van der Waals surface area (Å²) in [6, 6.07) is 18.8. The molecule has 1 atom stereocenters. The molecule has 2 rings (SSSR count). The molecule has 0 unspecified atom stereocenters. The summed E-state index contributed by atoms with van der Waals surface area (Å²) in [6.07, 6.45) is 3.57. The Morgan fingerprint density at radius 1 is 0.923 bits per heavy atom. The Labute approximate surface area is 158 Å². The van der Waals surface area contributed by atoms with Gasteiger partial charge in [0, 0.05) is 24.8 Å². The summed E-state index contributed by atoms with van der Waals surface area (Å²) in [7, 11) is 0. The Bertz CT molecular complexity index is 646. The fraction of sp³-hybridized carbons (Fsp3) is 0.435. The maximum Gasteiger partial charge on any atom is 0.224 e. The monoisotopic (exact) mass is 352 g/mol. The maximum absolute atomic E-state index is 12.3. The molecule has 2 aromatic carbocycles. The molecule has 26 heavy (non-hydrogen) atoms. The number of nitrogens with zero attached hydrogens (tertiary/aromatic N) is 1. The number of carbonyl (C=O) groups is 1. The van der Waals surface area contributed by atoms with Crippen LogP contribution in [0.5, 0.6) is 0 Å². The third-order valence-corrected chi connectivity index (χ3v) is 4.45. The van der Waals surface area contributed by atoms with E-state index in [0.29, 0.717) is 6.42 Å². The van der Waals surface area contributed by atoms with Gasteiger partial charge >= 0.3 is 0 Å². The first-order valence-corrected chi connectivity index (χ1v) is 9.79. The van der Waals surface area contributed by atoms with Crippen molar-refractivity contribution >= 4 is 11.6 Å². The number of nitrogens with one attached hydrogen (secondary N) is 1. The summed E-state index contributed by atoms with van der Waals surface area (Å²) < 4.78 is 0. The summed E-state index contributed by atoms with van der Waals surface area (Å²) in [4.78, 5) is 14.7. The number of rotatable bonds is 10. The van der Waals surface area contributed by atoms with Crippen LogP contribution in [0.25, 0.3) is 0 Å². The Kier molecular flexibility index (Phi) is 8.20. The molecular weight excluding hydrogens is 320 g/mol. The van der Waals surface area contributed by atoms with Gasteiger partial charge in [-0.1, -0.05) is 56.3 Å². The van der Waals surface area contributed by atoms with Crippen molar-refractivity contribution < 1.29 is 4.79 Å². The molecule has 0 spiro atoms. The molecule has 1 amide bonds. The van der Waals surface area contributed by atoms with Crippen LogP contribution in [-0.2, 0) is 17.6 Å². The van der Waals surface area contributed by atoms with Crippen molar-refractivity contribution in [1.29, 1.82) is 0 Å². The topological polar surface area (TPSA) is 32.3 Å². The van der Waals surface area contributed by atoms with Gasteiger partial charge in [-0.05, 0) is 49.4 Å².